The number of nitrogens with one attached hydrogen (secondary N) is 1. The summed E-state index contributed by atoms with van der Waals surface area (Å²) in [6.45, 7) is 2.80. The number of benzene rings is 1. The summed E-state index contributed by atoms with van der Waals surface area (Å²) < 4.78 is 5.44. The van der Waals surface area contributed by atoms with Gasteiger partial charge in [0.2, 0.25) is 5.91 Å². The normalized spacial score (nSPS) is 22.4. The van der Waals surface area contributed by atoms with Gasteiger partial charge >= 0.3 is 0 Å². The van der Waals surface area contributed by atoms with Crippen LogP contribution in [0.25, 0.3) is 10.9 Å². The predicted octanol–water partition coefficient (Wildman–Crippen LogP) is 2.24. The van der Waals surface area contributed by atoms with Gasteiger partial charge in [0, 0.05) is 42.9 Å². The summed E-state index contributed by atoms with van der Waals surface area (Å²) >= 11 is 0. The van der Waals surface area contributed by atoms with Gasteiger partial charge in [-0.05, 0) is 43.5 Å². The van der Waals surface area contributed by atoms with Gasteiger partial charge in [0.25, 0.3) is 0 Å². The first-order valence-corrected chi connectivity index (χ1v) is 9.78. The van der Waals surface area contributed by atoms with Crippen LogP contribution in [0.15, 0.2) is 30.5 Å². The number of hydrogen-bond acceptors (Lipinski definition) is 6. The first-order valence-electron chi connectivity index (χ1n) is 9.78. The molecule has 1 amide bonds. The highest BCUT2D eigenvalue weighted by molar-refractivity contribution is 5.88. The molecular formula is C21H25N5O2. The minimum absolute atomic E-state index is 0.0752. The highest BCUT2D eigenvalue weighted by Crippen LogP contribution is 2.27. The van der Waals surface area contributed by atoms with E-state index in [9.17, 15) is 10.1 Å². The second-order valence-corrected chi connectivity index (χ2v) is 7.48. The number of carbonyl (C=O) groups excluding carboxylic acids is 1. The molecule has 28 heavy (non-hydrogen) atoms. The van der Waals surface area contributed by atoms with Crippen LogP contribution in [0, 0.1) is 11.3 Å². The van der Waals surface area contributed by atoms with E-state index in [0.717, 1.165) is 54.7 Å². The third-order valence-corrected chi connectivity index (χ3v) is 5.65. The van der Waals surface area contributed by atoms with Crippen molar-refractivity contribution in [1.82, 2.24) is 14.8 Å². The molecular weight excluding hydrogens is 354 g/mol. The highest BCUT2D eigenvalue weighted by atomic mass is 16.5. The monoisotopic (exact) mass is 379 g/mol. The van der Waals surface area contributed by atoms with E-state index in [-0.39, 0.29) is 11.9 Å². The summed E-state index contributed by atoms with van der Waals surface area (Å²) in [6.07, 6.45) is 4.45. The molecule has 4 rings (SSSR count). The van der Waals surface area contributed by atoms with Crippen LogP contribution >= 0.6 is 0 Å². The quantitative estimate of drug-likeness (QED) is 0.858. The summed E-state index contributed by atoms with van der Waals surface area (Å²) in [5.41, 5.74) is 1.93. The molecule has 0 bridgehead atoms. The number of nitrogens with zero attached hydrogens (tertiary/aromatic N) is 4. The number of ether oxygens (including phenoxy) is 1. The Bertz CT molecular complexity index is 909. The molecule has 3 heterocycles. The number of pyridine rings is 1. The van der Waals surface area contributed by atoms with Crippen molar-refractivity contribution in [2.24, 2.45) is 0 Å². The number of methoxy groups -OCH3 is 1. The van der Waals surface area contributed by atoms with Gasteiger partial charge in [-0.15, -0.1) is 0 Å². The van der Waals surface area contributed by atoms with E-state index >= 15 is 0 Å². The molecule has 1 aromatic carbocycles. The maximum atomic E-state index is 12.5. The summed E-state index contributed by atoms with van der Waals surface area (Å²) in [5.74, 6) is 0.885. The fourth-order valence-corrected chi connectivity index (χ4v) is 4.20. The van der Waals surface area contributed by atoms with E-state index in [1.165, 1.54) is 0 Å². The van der Waals surface area contributed by atoms with Crippen molar-refractivity contribution in [1.29, 1.82) is 5.26 Å². The van der Waals surface area contributed by atoms with Crippen molar-refractivity contribution in [3.05, 3.63) is 30.5 Å². The number of fused-ring (bicyclic) bond motifs is 1. The van der Waals surface area contributed by atoms with Crippen molar-refractivity contribution in [2.45, 2.75) is 31.3 Å². The predicted molar refractivity (Wildman–Crippen MR) is 107 cm³/mol. The summed E-state index contributed by atoms with van der Waals surface area (Å²) in [6, 6.07) is 10.2. The second kappa shape index (κ2) is 8.03. The average molecular weight is 379 g/mol. The molecule has 0 radical (unpaired) electrons. The second-order valence-electron chi connectivity index (χ2n) is 7.48. The van der Waals surface area contributed by atoms with Gasteiger partial charge < -0.3 is 15.0 Å². The number of anilines is 1. The lowest BCUT2D eigenvalue weighted by molar-refractivity contribution is -0.132. The average Bonchev–Trinajstić information content (AvgIpc) is 3.36. The van der Waals surface area contributed by atoms with Gasteiger partial charge in [-0.25, -0.2) is 0 Å². The minimum atomic E-state index is -0.245. The Kier molecular flexibility index (Phi) is 5.31. The molecule has 7 heteroatoms. The van der Waals surface area contributed by atoms with E-state index in [2.05, 4.69) is 27.3 Å². The van der Waals surface area contributed by atoms with Crippen molar-refractivity contribution < 1.29 is 9.53 Å². The zero-order valence-corrected chi connectivity index (χ0v) is 16.1. The van der Waals surface area contributed by atoms with E-state index in [1.54, 1.807) is 18.2 Å². The van der Waals surface area contributed by atoms with Crippen molar-refractivity contribution in [3.8, 4) is 11.8 Å². The number of carbonyl (C=O) groups is 1. The molecule has 2 aromatic rings. The standard InChI is InChI=1S/C21H25N5O2/c1-28-20-6-8-23-19-5-4-15(11-18(19)20)24-16-7-10-25(13-16)14-21(27)26-9-2-3-17(26)12-22/h4-6,8,11,16-17,24H,2-3,7,9-10,13-14H2,1H3/t16-,17?/m1/s1. The van der Waals surface area contributed by atoms with E-state index in [4.69, 9.17) is 4.74 Å². The Morgan fingerprint density at radius 3 is 3.07 bits per heavy atom. The molecule has 146 valence electrons. The van der Waals surface area contributed by atoms with Crippen molar-refractivity contribution in [3.63, 3.8) is 0 Å². The number of nitriles is 1. The summed E-state index contributed by atoms with van der Waals surface area (Å²) in [4.78, 5) is 20.8. The van der Waals surface area contributed by atoms with Crippen LogP contribution in [-0.4, -0.2) is 66.1 Å². The number of rotatable bonds is 5. The van der Waals surface area contributed by atoms with Crippen LogP contribution in [-0.2, 0) is 4.79 Å². The van der Waals surface area contributed by atoms with Gasteiger partial charge in [-0.1, -0.05) is 0 Å². The molecule has 1 aromatic heterocycles. The molecule has 2 atom stereocenters. The lowest BCUT2D eigenvalue weighted by Gasteiger charge is -2.23. The van der Waals surface area contributed by atoms with Gasteiger partial charge in [0.1, 0.15) is 11.8 Å². The maximum Gasteiger partial charge on any atom is 0.237 e. The molecule has 0 saturated carbocycles. The van der Waals surface area contributed by atoms with Gasteiger partial charge in [0.05, 0.1) is 25.2 Å². The largest absolute Gasteiger partial charge is 0.496 e. The lowest BCUT2D eigenvalue weighted by Crippen LogP contribution is -2.42. The number of hydrogen-bond donors (Lipinski definition) is 1. The van der Waals surface area contributed by atoms with Crippen LogP contribution in [0.3, 0.4) is 0 Å². The molecule has 1 N–H and O–H groups in total. The Hall–Kier alpha value is -2.85. The molecule has 0 aliphatic carbocycles. The molecule has 7 nitrogen and oxygen atoms in total. The Labute approximate surface area is 164 Å². The molecule has 2 aliphatic heterocycles. The maximum absolute atomic E-state index is 12.5. The van der Waals surface area contributed by atoms with Crippen molar-refractivity contribution >= 4 is 22.5 Å². The molecule has 1 unspecified atom stereocenters. The first-order chi connectivity index (χ1) is 13.7. The number of amides is 1. The fraction of sp³-hybridized carbons (Fsp3) is 0.476. The zero-order valence-electron chi connectivity index (χ0n) is 16.1. The van der Waals surface area contributed by atoms with E-state index < -0.39 is 0 Å². The molecule has 2 saturated heterocycles. The SMILES string of the molecule is COc1ccnc2ccc(N[C@@H]3CCN(CC(=O)N4CCCC4C#N)C3)cc12. The third-order valence-electron chi connectivity index (χ3n) is 5.65. The summed E-state index contributed by atoms with van der Waals surface area (Å²) in [5, 5.41) is 13.7. The van der Waals surface area contributed by atoms with Crippen LogP contribution in [0.5, 0.6) is 5.75 Å². The smallest absolute Gasteiger partial charge is 0.237 e. The van der Waals surface area contributed by atoms with E-state index in [1.807, 2.05) is 18.2 Å². The van der Waals surface area contributed by atoms with Gasteiger partial charge in [0.15, 0.2) is 0 Å². The Morgan fingerprint density at radius 2 is 2.25 bits per heavy atom. The van der Waals surface area contributed by atoms with Crippen LogP contribution in [0.1, 0.15) is 19.3 Å². The number of likely N-dealkylation sites (tertiary alicyclic amines) is 2. The molecule has 2 fully saturated rings. The first kappa shape index (κ1) is 18.5. The summed E-state index contributed by atoms with van der Waals surface area (Å²) in [7, 11) is 1.66. The fourth-order valence-electron chi connectivity index (χ4n) is 4.20. The molecule has 2 aliphatic rings. The highest BCUT2D eigenvalue weighted by Gasteiger charge is 2.31. The Morgan fingerprint density at radius 1 is 1.36 bits per heavy atom. The zero-order chi connectivity index (χ0) is 19.5. The van der Waals surface area contributed by atoms with Gasteiger partial charge in [-0.3, -0.25) is 14.7 Å². The van der Waals surface area contributed by atoms with E-state index in [0.29, 0.717) is 19.1 Å². The van der Waals surface area contributed by atoms with Crippen molar-refractivity contribution in [2.75, 3.05) is 38.6 Å². The lowest BCUT2D eigenvalue weighted by atomic mass is 10.1. The number of aromatic nitrogens is 1. The van der Waals surface area contributed by atoms with Crippen LogP contribution < -0.4 is 10.1 Å². The van der Waals surface area contributed by atoms with Crippen LogP contribution in [0.4, 0.5) is 5.69 Å². The topological polar surface area (TPSA) is 81.5 Å². The Balaban J connectivity index is 1.37. The molecule has 0 spiro atoms. The van der Waals surface area contributed by atoms with Gasteiger partial charge in [-0.2, -0.15) is 5.26 Å². The van der Waals surface area contributed by atoms with Crippen LogP contribution in [0.2, 0.25) is 0 Å². The third kappa shape index (κ3) is 3.73. The minimum Gasteiger partial charge on any atom is -0.496 e.